The lowest BCUT2D eigenvalue weighted by Crippen LogP contribution is -2.15. The maximum Gasteiger partial charge on any atom is 0.0159 e. The Kier molecular flexibility index (Phi) is 2.53. The quantitative estimate of drug-likeness (QED) is 0.532. The van der Waals surface area contributed by atoms with Crippen molar-refractivity contribution in [2.45, 2.75) is 32.6 Å². The SMILES string of the molecule is CCc1ccc2c(c1)C(C)(C)c1cc3ccccc3cc1-2. The summed E-state index contributed by atoms with van der Waals surface area (Å²) in [5, 5.41) is 2.67. The molecule has 0 nitrogen and oxygen atoms in total. The normalized spacial score (nSPS) is 15.0. The van der Waals surface area contributed by atoms with E-state index in [0.717, 1.165) is 6.42 Å². The molecule has 3 aromatic carbocycles. The molecular weight excluding hydrogens is 252 g/mol. The summed E-state index contributed by atoms with van der Waals surface area (Å²) in [7, 11) is 0. The number of fused-ring (bicyclic) bond motifs is 4. The van der Waals surface area contributed by atoms with Crippen LogP contribution in [0.1, 0.15) is 37.5 Å². The maximum absolute atomic E-state index is 2.40. The van der Waals surface area contributed by atoms with Crippen LogP contribution in [0.3, 0.4) is 0 Å². The van der Waals surface area contributed by atoms with Crippen molar-refractivity contribution >= 4 is 10.8 Å². The molecule has 0 radical (unpaired) electrons. The number of hydrogen-bond donors (Lipinski definition) is 0. The summed E-state index contributed by atoms with van der Waals surface area (Å²) in [5.41, 5.74) is 7.30. The first-order valence-corrected chi connectivity index (χ1v) is 7.78. The molecule has 21 heavy (non-hydrogen) atoms. The Morgan fingerprint density at radius 2 is 1.43 bits per heavy atom. The van der Waals surface area contributed by atoms with Gasteiger partial charge in [-0.15, -0.1) is 0 Å². The monoisotopic (exact) mass is 272 g/mol. The van der Waals surface area contributed by atoms with Crippen LogP contribution in [0.15, 0.2) is 54.6 Å². The molecule has 0 aliphatic heterocycles. The molecule has 0 heteroatoms. The van der Waals surface area contributed by atoms with Crippen LogP contribution >= 0.6 is 0 Å². The number of benzene rings is 3. The summed E-state index contributed by atoms with van der Waals surface area (Å²) in [6, 6.07) is 20.4. The lowest BCUT2D eigenvalue weighted by atomic mass is 9.81. The second-order valence-corrected chi connectivity index (χ2v) is 6.60. The first-order chi connectivity index (χ1) is 10.1. The summed E-state index contributed by atoms with van der Waals surface area (Å²) >= 11 is 0. The summed E-state index contributed by atoms with van der Waals surface area (Å²) in [4.78, 5) is 0. The van der Waals surface area contributed by atoms with Crippen molar-refractivity contribution in [1.82, 2.24) is 0 Å². The lowest BCUT2D eigenvalue weighted by Gasteiger charge is -2.22. The molecule has 0 N–H and O–H groups in total. The van der Waals surface area contributed by atoms with Gasteiger partial charge < -0.3 is 0 Å². The van der Waals surface area contributed by atoms with Gasteiger partial charge in [-0.3, -0.25) is 0 Å². The fraction of sp³-hybridized carbons (Fsp3) is 0.238. The molecule has 1 aliphatic rings. The van der Waals surface area contributed by atoms with E-state index in [1.807, 2.05) is 0 Å². The average Bonchev–Trinajstić information content (AvgIpc) is 2.73. The van der Waals surface area contributed by atoms with Crippen LogP contribution in [-0.2, 0) is 11.8 Å². The summed E-state index contributed by atoms with van der Waals surface area (Å²) in [6.07, 6.45) is 1.10. The highest BCUT2D eigenvalue weighted by Gasteiger charge is 2.35. The van der Waals surface area contributed by atoms with Crippen LogP contribution in [0.4, 0.5) is 0 Å². The molecule has 0 unspecified atom stereocenters. The third-order valence-corrected chi connectivity index (χ3v) is 5.01. The van der Waals surface area contributed by atoms with Gasteiger partial charge in [0.25, 0.3) is 0 Å². The molecule has 104 valence electrons. The van der Waals surface area contributed by atoms with Crippen molar-refractivity contribution in [3.8, 4) is 11.1 Å². The van der Waals surface area contributed by atoms with E-state index >= 15 is 0 Å². The number of aryl methyl sites for hydroxylation is 1. The summed E-state index contributed by atoms with van der Waals surface area (Å²) < 4.78 is 0. The van der Waals surface area contributed by atoms with Crippen molar-refractivity contribution in [1.29, 1.82) is 0 Å². The second kappa shape index (κ2) is 4.21. The van der Waals surface area contributed by atoms with E-state index in [1.165, 1.54) is 38.6 Å². The minimum atomic E-state index is 0.0971. The van der Waals surface area contributed by atoms with Crippen molar-refractivity contribution in [2.24, 2.45) is 0 Å². The van der Waals surface area contributed by atoms with Crippen LogP contribution in [0.5, 0.6) is 0 Å². The van der Waals surface area contributed by atoms with E-state index in [4.69, 9.17) is 0 Å². The molecule has 0 atom stereocenters. The molecular formula is C21H20. The molecule has 0 fully saturated rings. The Balaban J connectivity index is 2.07. The average molecular weight is 272 g/mol. The van der Waals surface area contributed by atoms with Gasteiger partial charge >= 0.3 is 0 Å². The molecule has 0 amide bonds. The van der Waals surface area contributed by atoms with Crippen molar-refractivity contribution in [3.05, 3.63) is 71.3 Å². The first kappa shape index (κ1) is 12.6. The van der Waals surface area contributed by atoms with Gasteiger partial charge in [0.2, 0.25) is 0 Å². The van der Waals surface area contributed by atoms with Gasteiger partial charge in [0.05, 0.1) is 0 Å². The minimum Gasteiger partial charge on any atom is -0.0616 e. The predicted octanol–water partition coefficient (Wildman–Crippen LogP) is 5.71. The van der Waals surface area contributed by atoms with Crippen LogP contribution in [0, 0.1) is 0 Å². The van der Waals surface area contributed by atoms with Gasteiger partial charge in [-0.1, -0.05) is 63.2 Å². The molecule has 4 rings (SSSR count). The van der Waals surface area contributed by atoms with Crippen molar-refractivity contribution in [2.75, 3.05) is 0 Å². The van der Waals surface area contributed by atoms with E-state index < -0.39 is 0 Å². The van der Waals surface area contributed by atoms with E-state index in [1.54, 1.807) is 0 Å². The number of rotatable bonds is 1. The highest BCUT2D eigenvalue weighted by molar-refractivity contribution is 5.93. The van der Waals surface area contributed by atoms with Gasteiger partial charge in [-0.25, -0.2) is 0 Å². The van der Waals surface area contributed by atoms with Crippen LogP contribution in [0.2, 0.25) is 0 Å². The molecule has 0 aromatic heterocycles. The minimum absolute atomic E-state index is 0.0971. The Hall–Kier alpha value is -2.08. The summed E-state index contributed by atoms with van der Waals surface area (Å²) in [6.45, 7) is 6.93. The second-order valence-electron chi connectivity index (χ2n) is 6.60. The standard InChI is InChI=1S/C21H20/c1-4-14-9-10-17-18-12-15-7-5-6-8-16(15)13-20(18)21(2,3)19(17)11-14/h5-13H,4H2,1-3H3. The Bertz CT molecular complexity index is 853. The Morgan fingerprint density at radius 3 is 2.14 bits per heavy atom. The van der Waals surface area contributed by atoms with Crippen LogP contribution < -0.4 is 0 Å². The molecule has 0 saturated carbocycles. The van der Waals surface area contributed by atoms with Crippen molar-refractivity contribution < 1.29 is 0 Å². The fourth-order valence-electron chi connectivity index (χ4n) is 3.69. The van der Waals surface area contributed by atoms with E-state index in [9.17, 15) is 0 Å². The molecule has 3 aromatic rings. The van der Waals surface area contributed by atoms with Gasteiger partial charge in [0.1, 0.15) is 0 Å². The maximum atomic E-state index is 2.40. The highest BCUT2D eigenvalue weighted by Crippen LogP contribution is 2.49. The lowest BCUT2D eigenvalue weighted by molar-refractivity contribution is 0.660. The Labute approximate surface area is 126 Å². The molecule has 0 heterocycles. The fourth-order valence-corrected chi connectivity index (χ4v) is 3.69. The molecule has 0 saturated heterocycles. The van der Waals surface area contributed by atoms with E-state index in [0.29, 0.717) is 0 Å². The highest BCUT2D eigenvalue weighted by atomic mass is 14.4. The van der Waals surface area contributed by atoms with E-state index in [2.05, 4.69) is 75.4 Å². The topological polar surface area (TPSA) is 0 Å². The van der Waals surface area contributed by atoms with Crippen LogP contribution in [0.25, 0.3) is 21.9 Å². The molecule has 1 aliphatic carbocycles. The third kappa shape index (κ3) is 1.68. The Morgan fingerprint density at radius 1 is 0.762 bits per heavy atom. The van der Waals surface area contributed by atoms with Gasteiger partial charge in [-0.05, 0) is 57.1 Å². The zero-order chi connectivity index (χ0) is 14.6. The summed E-state index contributed by atoms with van der Waals surface area (Å²) in [5.74, 6) is 0. The predicted molar refractivity (Wildman–Crippen MR) is 90.9 cm³/mol. The van der Waals surface area contributed by atoms with Crippen molar-refractivity contribution in [3.63, 3.8) is 0 Å². The van der Waals surface area contributed by atoms with E-state index in [-0.39, 0.29) is 5.41 Å². The third-order valence-electron chi connectivity index (χ3n) is 5.01. The molecule has 0 spiro atoms. The van der Waals surface area contributed by atoms with Gasteiger partial charge in [0, 0.05) is 5.41 Å². The number of hydrogen-bond acceptors (Lipinski definition) is 0. The molecule has 0 bridgehead atoms. The zero-order valence-electron chi connectivity index (χ0n) is 12.9. The van der Waals surface area contributed by atoms with Gasteiger partial charge in [-0.2, -0.15) is 0 Å². The largest absolute Gasteiger partial charge is 0.0616 e. The van der Waals surface area contributed by atoms with Crippen LogP contribution in [-0.4, -0.2) is 0 Å². The first-order valence-electron chi connectivity index (χ1n) is 7.78. The smallest absolute Gasteiger partial charge is 0.0159 e. The van der Waals surface area contributed by atoms with Gasteiger partial charge in [0.15, 0.2) is 0 Å². The zero-order valence-corrected chi connectivity index (χ0v) is 12.9.